The van der Waals surface area contributed by atoms with Gasteiger partial charge in [0.25, 0.3) is 0 Å². The quantitative estimate of drug-likeness (QED) is 0.488. The van der Waals surface area contributed by atoms with Crippen molar-refractivity contribution in [3.8, 4) is 11.1 Å². The van der Waals surface area contributed by atoms with Gasteiger partial charge in [0, 0.05) is 33.0 Å². The van der Waals surface area contributed by atoms with E-state index in [0.29, 0.717) is 19.4 Å². The number of hydrogen-bond donors (Lipinski definition) is 2. The zero-order valence-electron chi connectivity index (χ0n) is 19.8. The molecule has 2 atom stereocenters. The van der Waals surface area contributed by atoms with E-state index in [0.717, 1.165) is 22.3 Å². The standard InChI is InChI=1S/C26H32N2O6/c1-17(33-3)24(25(31)28(2)15-9-8-14-23(29)30)27-26(32)34-16-22-20-12-6-4-10-18(20)19-11-5-7-13-21(19)22/h4-7,10-13,17,22,24H,8-9,14-16H2,1-3H3,(H,27,32)(H,29,30). The molecule has 0 aliphatic heterocycles. The molecule has 8 nitrogen and oxygen atoms in total. The van der Waals surface area contributed by atoms with Gasteiger partial charge in [-0.15, -0.1) is 0 Å². The fraction of sp³-hybridized carbons (Fsp3) is 0.423. The lowest BCUT2D eigenvalue weighted by atomic mass is 9.98. The van der Waals surface area contributed by atoms with Crippen molar-refractivity contribution in [3.05, 3.63) is 59.7 Å². The number of amides is 2. The van der Waals surface area contributed by atoms with Crippen molar-refractivity contribution in [3.63, 3.8) is 0 Å². The van der Waals surface area contributed by atoms with E-state index in [-0.39, 0.29) is 24.9 Å². The van der Waals surface area contributed by atoms with E-state index in [2.05, 4.69) is 17.4 Å². The third-order valence-electron chi connectivity index (χ3n) is 6.23. The summed E-state index contributed by atoms with van der Waals surface area (Å²) in [6.45, 7) is 2.23. The molecular weight excluding hydrogens is 436 g/mol. The molecular formula is C26H32N2O6. The number of hydrogen-bond acceptors (Lipinski definition) is 5. The Morgan fingerprint density at radius 1 is 1.03 bits per heavy atom. The monoisotopic (exact) mass is 468 g/mol. The van der Waals surface area contributed by atoms with Crippen LogP contribution in [0.25, 0.3) is 11.1 Å². The van der Waals surface area contributed by atoms with Crippen molar-refractivity contribution in [1.29, 1.82) is 0 Å². The maximum Gasteiger partial charge on any atom is 0.407 e. The molecule has 2 aromatic rings. The van der Waals surface area contributed by atoms with Gasteiger partial charge in [-0.2, -0.15) is 0 Å². The molecule has 8 heteroatoms. The summed E-state index contributed by atoms with van der Waals surface area (Å²) >= 11 is 0. The van der Waals surface area contributed by atoms with Gasteiger partial charge in [0.05, 0.1) is 6.10 Å². The molecule has 0 heterocycles. The van der Waals surface area contributed by atoms with Gasteiger partial charge in [-0.3, -0.25) is 9.59 Å². The lowest BCUT2D eigenvalue weighted by Gasteiger charge is -2.28. The molecule has 0 saturated carbocycles. The van der Waals surface area contributed by atoms with Gasteiger partial charge >= 0.3 is 12.1 Å². The molecule has 34 heavy (non-hydrogen) atoms. The Balaban J connectivity index is 1.61. The summed E-state index contributed by atoms with van der Waals surface area (Å²) in [5.74, 6) is -1.26. The molecule has 2 aromatic carbocycles. The largest absolute Gasteiger partial charge is 0.481 e. The van der Waals surface area contributed by atoms with Crippen molar-refractivity contribution in [1.82, 2.24) is 10.2 Å². The van der Waals surface area contributed by atoms with Gasteiger partial charge in [-0.1, -0.05) is 48.5 Å². The summed E-state index contributed by atoms with van der Waals surface area (Å²) in [5.41, 5.74) is 4.49. The first-order valence-corrected chi connectivity index (χ1v) is 11.4. The highest BCUT2D eigenvalue weighted by Gasteiger charge is 2.32. The molecule has 0 spiro atoms. The highest BCUT2D eigenvalue weighted by atomic mass is 16.5. The first-order chi connectivity index (χ1) is 16.3. The molecule has 1 aliphatic rings. The molecule has 0 bridgehead atoms. The molecule has 0 aromatic heterocycles. The van der Waals surface area contributed by atoms with Gasteiger partial charge in [-0.25, -0.2) is 4.79 Å². The summed E-state index contributed by atoms with van der Waals surface area (Å²) in [6, 6.07) is 15.2. The molecule has 3 rings (SSSR count). The Morgan fingerprint density at radius 3 is 2.18 bits per heavy atom. The van der Waals surface area contributed by atoms with Crippen LogP contribution in [0.3, 0.4) is 0 Å². The van der Waals surface area contributed by atoms with Crippen LogP contribution >= 0.6 is 0 Å². The minimum absolute atomic E-state index is 0.0535. The van der Waals surface area contributed by atoms with Crippen molar-refractivity contribution in [2.45, 2.75) is 44.2 Å². The zero-order valence-corrected chi connectivity index (χ0v) is 19.8. The normalized spacial score (nSPS) is 14.0. The third-order valence-corrected chi connectivity index (χ3v) is 6.23. The number of carbonyl (C=O) groups is 3. The average molecular weight is 469 g/mol. The number of carboxylic acid groups (broad SMARTS) is 1. The summed E-state index contributed by atoms with van der Waals surface area (Å²) in [7, 11) is 3.09. The maximum absolute atomic E-state index is 13.0. The number of methoxy groups -OCH3 is 1. The van der Waals surface area contributed by atoms with Crippen LogP contribution in [0, 0.1) is 0 Å². The summed E-state index contributed by atoms with van der Waals surface area (Å²) < 4.78 is 10.9. The van der Waals surface area contributed by atoms with Crippen LogP contribution in [0.1, 0.15) is 43.2 Å². The topological polar surface area (TPSA) is 105 Å². The van der Waals surface area contributed by atoms with E-state index in [1.54, 1.807) is 14.0 Å². The number of benzene rings is 2. The smallest absolute Gasteiger partial charge is 0.407 e. The fourth-order valence-corrected chi connectivity index (χ4v) is 4.26. The lowest BCUT2D eigenvalue weighted by molar-refractivity contribution is -0.137. The van der Waals surface area contributed by atoms with Gasteiger partial charge < -0.3 is 24.8 Å². The van der Waals surface area contributed by atoms with Crippen LogP contribution < -0.4 is 5.32 Å². The zero-order chi connectivity index (χ0) is 24.7. The summed E-state index contributed by atoms with van der Waals surface area (Å²) in [5, 5.41) is 11.4. The number of carbonyl (C=O) groups excluding carboxylic acids is 2. The Labute approximate surface area is 199 Å². The van der Waals surface area contributed by atoms with E-state index in [9.17, 15) is 14.4 Å². The summed E-state index contributed by atoms with van der Waals surface area (Å²) in [6.07, 6.45) is -0.194. The number of nitrogens with zero attached hydrogens (tertiary/aromatic N) is 1. The van der Waals surface area contributed by atoms with Gasteiger partial charge in [-0.05, 0) is 42.0 Å². The predicted molar refractivity (Wildman–Crippen MR) is 128 cm³/mol. The number of ether oxygens (including phenoxy) is 2. The average Bonchev–Trinajstić information content (AvgIpc) is 3.16. The van der Waals surface area contributed by atoms with Crippen LogP contribution in [0.2, 0.25) is 0 Å². The number of unbranched alkanes of at least 4 members (excludes halogenated alkanes) is 1. The Hall–Kier alpha value is -3.39. The van der Waals surface area contributed by atoms with Crippen LogP contribution in [0.4, 0.5) is 4.79 Å². The van der Waals surface area contributed by atoms with Crippen molar-refractivity contribution >= 4 is 18.0 Å². The van der Waals surface area contributed by atoms with Crippen molar-refractivity contribution in [2.24, 2.45) is 0 Å². The summed E-state index contributed by atoms with van der Waals surface area (Å²) in [4.78, 5) is 37.8. The van der Waals surface area contributed by atoms with E-state index in [1.165, 1.54) is 12.0 Å². The Kier molecular flexibility index (Phi) is 8.65. The molecule has 182 valence electrons. The van der Waals surface area contributed by atoms with Gasteiger partial charge in [0.1, 0.15) is 12.6 Å². The number of carboxylic acids is 1. The van der Waals surface area contributed by atoms with Gasteiger partial charge in [0.15, 0.2) is 0 Å². The minimum Gasteiger partial charge on any atom is -0.481 e. The Morgan fingerprint density at radius 2 is 1.62 bits per heavy atom. The highest BCUT2D eigenvalue weighted by molar-refractivity contribution is 5.86. The number of fused-ring (bicyclic) bond motifs is 3. The molecule has 0 saturated heterocycles. The molecule has 2 unspecified atom stereocenters. The molecule has 2 amide bonds. The van der Waals surface area contributed by atoms with Crippen LogP contribution in [-0.4, -0.2) is 67.4 Å². The van der Waals surface area contributed by atoms with E-state index < -0.39 is 24.2 Å². The Bertz CT molecular complexity index is 978. The van der Waals surface area contributed by atoms with Crippen molar-refractivity contribution < 1.29 is 29.0 Å². The number of rotatable bonds is 11. The molecule has 0 radical (unpaired) electrons. The van der Waals surface area contributed by atoms with E-state index in [4.69, 9.17) is 14.6 Å². The second kappa shape index (κ2) is 11.7. The van der Waals surface area contributed by atoms with Gasteiger partial charge in [0.2, 0.25) is 5.91 Å². The maximum atomic E-state index is 13.0. The van der Waals surface area contributed by atoms with E-state index >= 15 is 0 Å². The second-order valence-electron chi connectivity index (χ2n) is 8.50. The SMILES string of the molecule is COC(C)C(NC(=O)OCC1c2ccccc2-c2ccccc21)C(=O)N(C)CCCCC(=O)O. The first kappa shape index (κ1) is 25.2. The number of alkyl carbamates (subject to hydrolysis) is 1. The lowest BCUT2D eigenvalue weighted by Crippen LogP contribution is -2.53. The molecule has 1 aliphatic carbocycles. The van der Waals surface area contributed by atoms with Crippen LogP contribution in [0.15, 0.2) is 48.5 Å². The highest BCUT2D eigenvalue weighted by Crippen LogP contribution is 2.44. The predicted octanol–water partition coefficient (Wildman–Crippen LogP) is 3.64. The number of aliphatic carboxylic acids is 1. The van der Waals surface area contributed by atoms with E-state index in [1.807, 2.05) is 36.4 Å². The fourth-order valence-electron chi connectivity index (χ4n) is 4.26. The minimum atomic E-state index is -0.926. The number of likely N-dealkylation sites (N-methyl/N-ethyl adjacent to an activating group) is 1. The van der Waals surface area contributed by atoms with Crippen LogP contribution in [-0.2, 0) is 19.1 Å². The van der Waals surface area contributed by atoms with Crippen molar-refractivity contribution in [2.75, 3.05) is 27.3 Å². The molecule has 2 N–H and O–H groups in total. The first-order valence-electron chi connectivity index (χ1n) is 11.4. The van der Waals surface area contributed by atoms with Crippen LogP contribution in [0.5, 0.6) is 0 Å². The second-order valence-corrected chi connectivity index (χ2v) is 8.50. The number of nitrogens with one attached hydrogen (secondary N) is 1. The third kappa shape index (κ3) is 5.94. The molecule has 0 fully saturated rings.